The number of nitrogens with zero attached hydrogens (tertiary/aromatic N) is 1. The zero-order valence-electron chi connectivity index (χ0n) is 10.6. The molecule has 1 N–H and O–H groups in total. The lowest BCUT2D eigenvalue weighted by molar-refractivity contribution is -0.142. The van der Waals surface area contributed by atoms with Crippen LogP contribution in [-0.2, 0) is 9.59 Å². The van der Waals surface area contributed by atoms with E-state index in [1.165, 1.54) is 18.2 Å². The zero-order valence-corrected chi connectivity index (χ0v) is 12.1. The Bertz CT molecular complexity index is 555. The van der Waals surface area contributed by atoms with E-state index in [-0.39, 0.29) is 6.54 Å². The fourth-order valence-corrected chi connectivity index (χ4v) is 1.82. The number of carboxylic acid groups (broad SMARTS) is 1. The predicted molar refractivity (Wildman–Crippen MR) is 79.9 cm³/mol. The van der Waals surface area contributed by atoms with Crippen LogP contribution in [0, 0.1) is 0 Å². The Labute approximate surface area is 126 Å². The molecule has 106 valence electrons. The van der Waals surface area contributed by atoms with Crippen molar-refractivity contribution in [2.75, 3.05) is 13.1 Å². The molecule has 0 aliphatic carbocycles. The third kappa shape index (κ3) is 5.07. The maximum atomic E-state index is 11.9. The first-order valence-corrected chi connectivity index (χ1v) is 6.44. The third-order valence-corrected chi connectivity index (χ3v) is 2.93. The van der Waals surface area contributed by atoms with Crippen LogP contribution in [0.2, 0.25) is 10.0 Å². The van der Waals surface area contributed by atoms with Crippen molar-refractivity contribution in [1.82, 2.24) is 4.90 Å². The molecule has 0 aliphatic rings. The van der Waals surface area contributed by atoms with Crippen LogP contribution in [0.3, 0.4) is 0 Å². The molecule has 0 fully saturated rings. The summed E-state index contributed by atoms with van der Waals surface area (Å²) in [7, 11) is 0. The van der Waals surface area contributed by atoms with Crippen molar-refractivity contribution >= 4 is 41.2 Å². The van der Waals surface area contributed by atoms with Crippen LogP contribution in [0.15, 0.2) is 36.9 Å². The Kier molecular flexibility index (Phi) is 6.28. The molecule has 0 radical (unpaired) electrons. The highest BCUT2D eigenvalue weighted by Gasteiger charge is 2.12. The SMILES string of the molecule is C=CCN(CC(=O)O)C(=O)C=Cc1cc(Cl)ccc1Cl. The molecule has 20 heavy (non-hydrogen) atoms. The molecule has 0 atom stereocenters. The largest absolute Gasteiger partial charge is 0.480 e. The molecule has 0 saturated heterocycles. The fourth-order valence-electron chi connectivity index (χ4n) is 1.46. The van der Waals surface area contributed by atoms with Crippen LogP contribution in [0.5, 0.6) is 0 Å². The molecule has 0 saturated carbocycles. The number of hydrogen-bond donors (Lipinski definition) is 1. The molecule has 0 unspecified atom stereocenters. The smallest absolute Gasteiger partial charge is 0.323 e. The van der Waals surface area contributed by atoms with E-state index < -0.39 is 18.4 Å². The van der Waals surface area contributed by atoms with Crippen molar-refractivity contribution in [3.05, 3.63) is 52.5 Å². The summed E-state index contributed by atoms with van der Waals surface area (Å²) in [6.45, 7) is 3.25. The lowest BCUT2D eigenvalue weighted by atomic mass is 10.2. The van der Waals surface area contributed by atoms with Crippen LogP contribution in [0.4, 0.5) is 0 Å². The van der Waals surface area contributed by atoms with Gasteiger partial charge in [-0.05, 0) is 29.8 Å². The number of hydrogen-bond acceptors (Lipinski definition) is 2. The number of halogens is 2. The Morgan fingerprint density at radius 1 is 1.35 bits per heavy atom. The van der Waals surface area contributed by atoms with Crippen LogP contribution < -0.4 is 0 Å². The highest BCUT2D eigenvalue weighted by atomic mass is 35.5. The Balaban J connectivity index is 2.85. The average molecular weight is 314 g/mol. The van der Waals surface area contributed by atoms with E-state index in [1.807, 2.05) is 0 Å². The molecule has 0 bridgehead atoms. The van der Waals surface area contributed by atoms with Crippen LogP contribution in [0.1, 0.15) is 5.56 Å². The first-order valence-electron chi connectivity index (χ1n) is 5.68. The van der Waals surface area contributed by atoms with Crippen LogP contribution in [0.25, 0.3) is 6.08 Å². The quantitative estimate of drug-likeness (QED) is 0.648. The van der Waals surface area contributed by atoms with E-state index in [0.29, 0.717) is 15.6 Å². The third-order valence-electron chi connectivity index (χ3n) is 2.35. The van der Waals surface area contributed by atoms with Crippen molar-refractivity contribution in [2.24, 2.45) is 0 Å². The van der Waals surface area contributed by atoms with Gasteiger partial charge in [-0.25, -0.2) is 0 Å². The topological polar surface area (TPSA) is 57.6 Å². The average Bonchev–Trinajstić information content (AvgIpc) is 2.38. The number of rotatable bonds is 6. The summed E-state index contributed by atoms with van der Waals surface area (Å²) in [5.74, 6) is -1.53. The van der Waals surface area contributed by atoms with Crippen molar-refractivity contribution in [1.29, 1.82) is 0 Å². The summed E-state index contributed by atoms with van der Waals surface area (Å²) in [5.41, 5.74) is 0.585. The monoisotopic (exact) mass is 313 g/mol. The summed E-state index contributed by atoms with van der Waals surface area (Å²) >= 11 is 11.8. The van der Waals surface area contributed by atoms with Crippen molar-refractivity contribution in [2.45, 2.75) is 0 Å². The molecule has 6 heteroatoms. The van der Waals surface area contributed by atoms with Gasteiger partial charge in [-0.1, -0.05) is 29.3 Å². The Hall–Kier alpha value is -1.78. The van der Waals surface area contributed by atoms with Gasteiger partial charge in [-0.2, -0.15) is 0 Å². The molecule has 1 aromatic carbocycles. The predicted octanol–water partition coefficient (Wildman–Crippen LogP) is 3.11. The number of carbonyl (C=O) groups is 2. The first kappa shape index (κ1) is 16.3. The zero-order chi connectivity index (χ0) is 15.1. The molecule has 4 nitrogen and oxygen atoms in total. The molecule has 0 heterocycles. The summed E-state index contributed by atoms with van der Waals surface area (Å²) in [5, 5.41) is 9.68. The van der Waals surface area contributed by atoms with Crippen molar-refractivity contribution < 1.29 is 14.7 Å². The molecule has 1 amide bonds. The normalized spacial score (nSPS) is 10.5. The van der Waals surface area contributed by atoms with Gasteiger partial charge in [0.25, 0.3) is 0 Å². The Morgan fingerprint density at radius 3 is 2.65 bits per heavy atom. The second kappa shape index (κ2) is 7.72. The minimum atomic E-state index is -1.09. The number of amides is 1. The lowest BCUT2D eigenvalue weighted by Gasteiger charge is -2.16. The van der Waals surface area contributed by atoms with Gasteiger partial charge in [0.15, 0.2) is 0 Å². The van der Waals surface area contributed by atoms with E-state index in [2.05, 4.69) is 6.58 Å². The fraction of sp³-hybridized carbons (Fsp3) is 0.143. The van der Waals surface area contributed by atoms with E-state index in [1.54, 1.807) is 18.2 Å². The van der Waals surface area contributed by atoms with E-state index in [4.69, 9.17) is 28.3 Å². The summed E-state index contributed by atoms with van der Waals surface area (Å²) in [6.07, 6.45) is 4.21. The van der Waals surface area contributed by atoms with Gasteiger partial charge in [0.2, 0.25) is 5.91 Å². The number of carbonyl (C=O) groups excluding carboxylic acids is 1. The van der Waals surface area contributed by atoms with Gasteiger partial charge in [0.05, 0.1) is 0 Å². The lowest BCUT2D eigenvalue weighted by Crippen LogP contribution is -2.34. The van der Waals surface area contributed by atoms with Crippen molar-refractivity contribution in [3.63, 3.8) is 0 Å². The second-order valence-electron chi connectivity index (χ2n) is 3.90. The number of aliphatic carboxylic acids is 1. The summed E-state index contributed by atoms with van der Waals surface area (Å²) < 4.78 is 0. The van der Waals surface area contributed by atoms with Gasteiger partial charge in [0.1, 0.15) is 6.54 Å². The molecule has 0 aromatic heterocycles. The number of carboxylic acids is 1. The van der Waals surface area contributed by atoms with Gasteiger partial charge < -0.3 is 10.0 Å². The highest BCUT2D eigenvalue weighted by Crippen LogP contribution is 2.21. The second-order valence-corrected chi connectivity index (χ2v) is 4.74. The van der Waals surface area contributed by atoms with Gasteiger partial charge >= 0.3 is 5.97 Å². The van der Waals surface area contributed by atoms with E-state index in [9.17, 15) is 9.59 Å². The maximum Gasteiger partial charge on any atom is 0.323 e. The van der Waals surface area contributed by atoms with Gasteiger partial charge in [-0.3, -0.25) is 9.59 Å². The van der Waals surface area contributed by atoms with Gasteiger partial charge in [0, 0.05) is 22.7 Å². The highest BCUT2D eigenvalue weighted by molar-refractivity contribution is 6.34. The maximum absolute atomic E-state index is 11.9. The summed E-state index contributed by atoms with van der Waals surface area (Å²) in [4.78, 5) is 23.7. The molecular weight excluding hydrogens is 301 g/mol. The minimum absolute atomic E-state index is 0.152. The number of benzene rings is 1. The first-order chi connectivity index (χ1) is 9.43. The van der Waals surface area contributed by atoms with Crippen LogP contribution in [-0.4, -0.2) is 35.0 Å². The molecule has 1 aromatic rings. The van der Waals surface area contributed by atoms with Gasteiger partial charge in [-0.15, -0.1) is 6.58 Å². The van der Waals surface area contributed by atoms with Crippen molar-refractivity contribution in [3.8, 4) is 0 Å². The Morgan fingerprint density at radius 2 is 2.05 bits per heavy atom. The molecule has 0 aliphatic heterocycles. The standard InChI is InChI=1S/C14H13Cl2NO3/c1-2-7-17(9-14(19)20)13(18)6-3-10-8-11(15)4-5-12(10)16/h2-6,8H,1,7,9H2,(H,19,20). The van der Waals surface area contributed by atoms with E-state index >= 15 is 0 Å². The van der Waals surface area contributed by atoms with E-state index in [0.717, 1.165) is 4.90 Å². The molecule has 1 rings (SSSR count). The minimum Gasteiger partial charge on any atom is -0.480 e. The van der Waals surface area contributed by atoms with Crippen LogP contribution >= 0.6 is 23.2 Å². The molecule has 0 spiro atoms. The molecular formula is C14H13Cl2NO3. The summed E-state index contributed by atoms with van der Waals surface area (Å²) in [6, 6.07) is 4.87.